The van der Waals surface area contributed by atoms with Gasteiger partial charge in [0.15, 0.2) is 0 Å². The summed E-state index contributed by atoms with van der Waals surface area (Å²) >= 11 is 0. The minimum absolute atomic E-state index is 0.0697. The van der Waals surface area contributed by atoms with E-state index in [1.165, 1.54) is 0 Å². The highest BCUT2D eigenvalue weighted by Gasteiger charge is 2.09. The van der Waals surface area contributed by atoms with Crippen molar-refractivity contribution in [2.45, 2.75) is 13.2 Å². The summed E-state index contributed by atoms with van der Waals surface area (Å²) in [5.74, 6) is -0.0697. The molecule has 1 amide bonds. The van der Waals surface area contributed by atoms with E-state index in [1.54, 1.807) is 17.7 Å². The van der Waals surface area contributed by atoms with Crippen molar-refractivity contribution in [3.8, 4) is 0 Å². The van der Waals surface area contributed by atoms with Crippen LogP contribution in [0.3, 0.4) is 0 Å². The summed E-state index contributed by atoms with van der Waals surface area (Å²) in [6.45, 7) is 1.06. The molecule has 100 valence electrons. The monoisotopic (exact) mass is 258 g/mol. The van der Waals surface area contributed by atoms with Gasteiger partial charge in [-0.3, -0.25) is 4.79 Å². The van der Waals surface area contributed by atoms with Crippen LogP contribution >= 0.6 is 0 Å². The molecule has 0 spiro atoms. The van der Waals surface area contributed by atoms with Crippen molar-refractivity contribution < 1.29 is 9.53 Å². The van der Waals surface area contributed by atoms with Gasteiger partial charge in [-0.15, -0.1) is 0 Å². The van der Waals surface area contributed by atoms with E-state index in [4.69, 9.17) is 4.74 Å². The van der Waals surface area contributed by atoms with Crippen LogP contribution in [-0.2, 0) is 24.9 Å². The third-order valence-electron chi connectivity index (χ3n) is 3.03. The van der Waals surface area contributed by atoms with Gasteiger partial charge in [0, 0.05) is 26.9 Å². The molecule has 2 rings (SSSR count). The smallest absolute Gasteiger partial charge is 0.268 e. The van der Waals surface area contributed by atoms with E-state index in [-0.39, 0.29) is 5.91 Å². The molecule has 2 aromatic rings. The summed E-state index contributed by atoms with van der Waals surface area (Å²) in [4.78, 5) is 12.0. The Morgan fingerprint density at radius 3 is 2.58 bits per heavy atom. The number of nitrogens with one attached hydrogen (secondary N) is 1. The number of carbonyl (C=O) groups excluding carboxylic acids is 1. The van der Waals surface area contributed by atoms with E-state index in [2.05, 4.69) is 5.32 Å². The van der Waals surface area contributed by atoms with Gasteiger partial charge in [0.2, 0.25) is 0 Å². The Morgan fingerprint density at radius 1 is 1.21 bits per heavy atom. The molecule has 1 aromatic carbocycles. The molecule has 0 unspecified atom stereocenters. The largest absolute Gasteiger partial charge is 0.380 e. The molecule has 0 radical (unpaired) electrons. The van der Waals surface area contributed by atoms with E-state index >= 15 is 0 Å². The van der Waals surface area contributed by atoms with Crippen molar-refractivity contribution in [3.05, 3.63) is 59.4 Å². The first-order valence-electron chi connectivity index (χ1n) is 6.17. The minimum Gasteiger partial charge on any atom is -0.380 e. The lowest BCUT2D eigenvalue weighted by atomic mass is 10.1. The van der Waals surface area contributed by atoms with Gasteiger partial charge in [0.05, 0.1) is 6.61 Å². The quantitative estimate of drug-likeness (QED) is 0.892. The lowest BCUT2D eigenvalue weighted by molar-refractivity contribution is 0.0942. The van der Waals surface area contributed by atoms with Gasteiger partial charge in [-0.05, 0) is 23.3 Å². The van der Waals surface area contributed by atoms with Gasteiger partial charge in [0.1, 0.15) is 5.69 Å². The predicted octanol–water partition coefficient (Wildman–Crippen LogP) is 2.10. The molecule has 4 heteroatoms. The van der Waals surface area contributed by atoms with Crippen LogP contribution in [0.25, 0.3) is 0 Å². The first-order valence-corrected chi connectivity index (χ1v) is 6.17. The lowest BCUT2D eigenvalue weighted by Gasteiger charge is -2.10. The average molecular weight is 258 g/mol. The first kappa shape index (κ1) is 13.4. The summed E-state index contributed by atoms with van der Waals surface area (Å²) in [5.41, 5.74) is 2.83. The molecule has 0 aliphatic heterocycles. The van der Waals surface area contributed by atoms with E-state index in [0.717, 1.165) is 11.1 Å². The van der Waals surface area contributed by atoms with Crippen molar-refractivity contribution in [2.24, 2.45) is 7.05 Å². The molecule has 19 heavy (non-hydrogen) atoms. The van der Waals surface area contributed by atoms with Crippen LogP contribution < -0.4 is 5.32 Å². The van der Waals surface area contributed by atoms with Gasteiger partial charge in [-0.1, -0.05) is 24.3 Å². The fraction of sp³-hybridized carbons (Fsp3) is 0.267. The average Bonchev–Trinajstić information content (AvgIpc) is 2.84. The van der Waals surface area contributed by atoms with Crippen LogP contribution in [0.15, 0.2) is 42.6 Å². The third-order valence-corrected chi connectivity index (χ3v) is 3.03. The van der Waals surface area contributed by atoms with Crippen molar-refractivity contribution in [2.75, 3.05) is 7.11 Å². The SMILES string of the molecule is COCc1ccccc1CNC(=O)c1cccn1C. The van der Waals surface area contributed by atoms with E-state index in [0.29, 0.717) is 18.8 Å². The normalized spacial score (nSPS) is 10.4. The van der Waals surface area contributed by atoms with Gasteiger partial charge in [-0.25, -0.2) is 0 Å². The van der Waals surface area contributed by atoms with E-state index < -0.39 is 0 Å². The molecule has 0 bridgehead atoms. The maximum atomic E-state index is 12.0. The van der Waals surface area contributed by atoms with Gasteiger partial charge < -0.3 is 14.6 Å². The van der Waals surface area contributed by atoms with Gasteiger partial charge >= 0.3 is 0 Å². The minimum atomic E-state index is -0.0697. The Kier molecular flexibility index (Phi) is 4.36. The number of aromatic nitrogens is 1. The third kappa shape index (κ3) is 3.23. The summed E-state index contributed by atoms with van der Waals surface area (Å²) in [6, 6.07) is 11.6. The summed E-state index contributed by atoms with van der Waals surface area (Å²) in [5, 5.41) is 2.93. The number of ether oxygens (including phenoxy) is 1. The number of hydrogen-bond donors (Lipinski definition) is 1. The molecular weight excluding hydrogens is 240 g/mol. The molecule has 4 nitrogen and oxygen atoms in total. The van der Waals surface area contributed by atoms with E-state index in [1.807, 2.05) is 43.6 Å². The summed E-state index contributed by atoms with van der Waals surface area (Å²) < 4.78 is 6.95. The highest BCUT2D eigenvalue weighted by atomic mass is 16.5. The van der Waals surface area contributed by atoms with Crippen molar-refractivity contribution >= 4 is 5.91 Å². The number of aryl methyl sites for hydroxylation is 1. The van der Waals surface area contributed by atoms with Crippen LogP contribution in [-0.4, -0.2) is 17.6 Å². The summed E-state index contributed by atoms with van der Waals surface area (Å²) in [7, 11) is 3.52. The molecule has 0 atom stereocenters. The number of rotatable bonds is 5. The fourth-order valence-electron chi connectivity index (χ4n) is 1.99. The topological polar surface area (TPSA) is 43.3 Å². The zero-order chi connectivity index (χ0) is 13.7. The first-order chi connectivity index (χ1) is 9.22. The molecule has 0 aliphatic carbocycles. The Bertz CT molecular complexity index is 561. The molecule has 1 heterocycles. The second-order valence-corrected chi connectivity index (χ2v) is 4.39. The summed E-state index contributed by atoms with van der Waals surface area (Å²) in [6.07, 6.45) is 1.85. The fourth-order valence-corrected chi connectivity index (χ4v) is 1.99. The second-order valence-electron chi connectivity index (χ2n) is 4.39. The zero-order valence-corrected chi connectivity index (χ0v) is 11.2. The maximum absolute atomic E-state index is 12.0. The molecule has 0 aliphatic rings. The Morgan fingerprint density at radius 2 is 1.95 bits per heavy atom. The van der Waals surface area contributed by atoms with Crippen LogP contribution in [0.5, 0.6) is 0 Å². The second kappa shape index (κ2) is 6.20. The van der Waals surface area contributed by atoms with Crippen molar-refractivity contribution in [3.63, 3.8) is 0 Å². The zero-order valence-electron chi connectivity index (χ0n) is 11.2. The Balaban J connectivity index is 2.03. The lowest BCUT2D eigenvalue weighted by Crippen LogP contribution is -2.25. The molecule has 0 saturated carbocycles. The van der Waals surface area contributed by atoms with Gasteiger partial charge in [0.25, 0.3) is 5.91 Å². The number of methoxy groups -OCH3 is 1. The Hall–Kier alpha value is -2.07. The molecule has 0 saturated heterocycles. The van der Waals surface area contributed by atoms with Crippen molar-refractivity contribution in [1.29, 1.82) is 0 Å². The Labute approximate surface area is 113 Å². The van der Waals surface area contributed by atoms with Crippen LogP contribution in [0, 0.1) is 0 Å². The van der Waals surface area contributed by atoms with E-state index in [9.17, 15) is 4.79 Å². The molecule has 1 aromatic heterocycles. The van der Waals surface area contributed by atoms with Gasteiger partial charge in [-0.2, -0.15) is 0 Å². The van der Waals surface area contributed by atoms with Crippen LogP contribution in [0.1, 0.15) is 21.6 Å². The van der Waals surface area contributed by atoms with Crippen LogP contribution in [0.2, 0.25) is 0 Å². The van der Waals surface area contributed by atoms with Crippen LogP contribution in [0.4, 0.5) is 0 Å². The highest BCUT2D eigenvalue weighted by Crippen LogP contribution is 2.10. The number of benzene rings is 1. The predicted molar refractivity (Wildman–Crippen MR) is 73.7 cm³/mol. The number of carbonyl (C=O) groups is 1. The highest BCUT2D eigenvalue weighted by molar-refractivity contribution is 5.92. The number of hydrogen-bond acceptors (Lipinski definition) is 2. The standard InChI is InChI=1S/C15H18N2O2/c1-17-9-5-8-14(17)15(18)16-10-12-6-3-4-7-13(12)11-19-2/h3-9H,10-11H2,1-2H3,(H,16,18). The number of amides is 1. The molecular formula is C15H18N2O2. The molecule has 1 N–H and O–H groups in total. The number of nitrogens with zero attached hydrogens (tertiary/aromatic N) is 1. The maximum Gasteiger partial charge on any atom is 0.268 e. The van der Waals surface area contributed by atoms with Crippen molar-refractivity contribution in [1.82, 2.24) is 9.88 Å². The molecule has 0 fully saturated rings.